The maximum absolute atomic E-state index is 15.0. The first-order valence-corrected chi connectivity index (χ1v) is 16.8. The van der Waals surface area contributed by atoms with Gasteiger partial charge in [0, 0.05) is 18.5 Å². The van der Waals surface area contributed by atoms with Gasteiger partial charge in [0.15, 0.2) is 23.9 Å². The van der Waals surface area contributed by atoms with E-state index in [4.69, 9.17) is 42.1 Å². The zero-order valence-electron chi connectivity index (χ0n) is 27.6. The number of pyridine rings is 1. The summed E-state index contributed by atoms with van der Waals surface area (Å²) in [6, 6.07) is 18.0. The first-order valence-electron chi connectivity index (χ1n) is 16.0. The summed E-state index contributed by atoms with van der Waals surface area (Å²) >= 11 is 12.9. The number of halogens is 3. The van der Waals surface area contributed by atoms with E-state index in [1.165, 1.54) is 25.2 Å². The van der Waals surface area contributed by atoms with Crippen molar-refractivity contribution in [2.75, 3.05) is 38.8 Å². The van der Waals surface area contributed by atoms with Crippen molar-refractivity contribution < 1.29 is 43.4 Å². The van der Waals surface area contributed by atoms with E-state index in [0.717, 1.165) is 25.9 Å². The van der Waals surface area contributed by atoms with Gasteiger partial charge in [0.05, 0.1) is 32.0 Å². The van der Waals surface area contributed by atoms with Crippen LogP contribution in [0.3, 0.4) is 0 Å². The average Bonchev–Trinajstić information content (AvgIpc) is 3.12. The molecule has 0 unspecified atom stereocenters. The third-order valence-electron chi connectivity index (χ3n) is 9.16. The topological polar surface area (TPSA) is 122 Å². The molecule has 0 radical (unpaired) electrons. The fraction of sp³-hybridized carbons (Fsp3) is 0.324. The molecule has 0 aliphatic carbocycles. The number of nitrogens with zero attached hydrogens (tertiary/aromatic N) is 2. The number of hydrogen-bond acceptors (Lipinski definition) is 8. The van der Waals surface area contributed by atoms with Crippen LogP contribution in [0.15, 0.2) is 79.1 Å². The van der Waals surface area contributed by atoms with Gasteiger partial charge in [0.25, 0.3) is 0 Å². The molecule has 0 spiro atoms. The molecule has 2 atom stereocenters. The molecule has 0 saturated carbocycles. The van der Waals surface area contributed by atoms with Crippen LogP contribution in [0.4, 0.5) is 14.9 Å². The quantitative estimate of drug-likeness (QED) is 0.149. The molecule has 264 valence electrons. The van der Waals surface area contributed by atoms with Crippen molar-refractivity contribution in [2.24, 2.45) is 5.92 Å². The minimum atomic E-state index is -0.790. The molecular weight excluding hydrogens is 688 g/mol. The fourth-order valence-electron chi connectivity index (χ4n) is 6.42. The van der Waals surface area contributed by atoms with E-state index >= 15 is 4.39 Å². The third-order valence-corrected chi connectivity index (χ3v) is 9.83. The van der Waals surface area contributed by atoms with Crippen LogP contribution in [0.25, 0.3) is 0 Å². The number of amides is 1. The number of aromatic nitrogens is 1. The average molecular weight is 727 g/mol. The molecule has 1 amide bonds. The Morgan fingerprint density at radius 3 is 2.26 bits per heavy atom. The SMILES string of the molecule is COc1ccc([C@H](Cc2c(Cl)c[nH+]cc2Cl)OC(=O)c2ccc(CN(C(=O)O[C@H]3CN4CCC3CC4)c3ccccc3F)cc2)cc1OC.[OH-]. The van der Waals surface area contributed by atoms with Crippen LogP contribution >= 0.6 is 23.2 Å². The normalized spacial score (nSPS) is 18.4. The van der Waals surface area contributed by atoms with Crippen LogP contribution in [-0.4, -0.2) is 62.4 Å². The first-order chi connectivity index (χ1) is 23.7. The molecule has 13 heteroatoms. The standard InChI is InChI=1S/C37H36Cl2FN3O6.H2O/c1-46-32-12-11-26(17-34(32)47-2)33(18-27-28(38)19-41-20-29(27)39)48-36(44)25-9-7-23(8-10-25)21-43(31-6-4-3-5-30(31)40)37(45)49-35-22-42-15-13-24(35)14-16-42;/h3-12,17,19-20,24,33,35H,13-16,18,21-22H2,1-2H3;1H2/t33-,35-;/m0./s1. The Kier molecular flexibility index (Phi) is 12.2. The Morgan fingerprint density at radius 2 is 1.64 bits per heavy atom. The summed E-state index contributed by atoms with van der Waals surface area (Å²) in [4.78, 5) is 33.6. The van der Waals surface area contributed by atoms with E-state index in [2.05, 4.69) is 9.88 Å². The number of rotatable bonds is 11. The molecular formula is C37H38Cl2FN3O7. The van der Waals surface area contributed by atoms with Crippen molar-refractivity contribution >= 4 is 41.0 Å². The van der Waals surface area contributed by atoms with E-state index in [0.29, 0.717) is 50.7 Å². The molecule has 50 heavy (non-hydrogen) atoms. The van der Waals surface area contributed by atoms with Gasteiger partial charge in [-0.15, -0.1) is 0 Å². The number of fused-ring (bicyclic) bond motifs is 3. The van der Waals surface area contributed by atoms with Crippen molar-refractivity contribution in [3.05, 3.63) is 117 Å². The van der Waals surface area contributed by atoms with E-state index in [1.807, 2.05) is 0 Å². The second-order valence-corrected chi connectivity index (χ2v) is 13.0. The molecule has 3 fully saturated rings. The molecule has 3 aliphatic heterocycles. The van der Waals surface area contributed by atoms with Crippen LogP contribution in [0.2, 0.25) is 10.0 Å². The highest BCUT2D eigenvalue weighted by molar-refractivity contribution is 6.35. The van der Waals surface area contributed by atoms with E-state index in [1.54, 1.807) is 73.1 Å². The van der Waals surface area contributed by atoms with Gasteiger partial charge in [-0.3, -0.25) is 9.80 Å². The highest BCUT2D eigenvalue weighted by Gasteiger charge is 2.37. The summed E-state index contributed by atoms with van der Waals surface area (Å²) in [5.74, 6) is 0.168. The number of benzene rings is 3. The van der Waals surface area contributed by atoms with Gasteiger partial charge >= 0.3 is 12.1 Å². The van der Waals surface area contributed by atoms with Crippen molar-refractivity contribution in [1.29, 1.82) is 0 Å². The number of aromatic amines is 1. The number of ether oxygens (including phenoxy) is 4. The van der Waals surface area contributed by atoms with Crippen LogP contribution in [0, 0.1) is 11.7 Å². The molecule has 2 bridgehead atoms. The van der Waals surface area contributed by atoms with Crippen LogP contribution < -0.4 is 19.4 Å². The monoisotopic (exact) mass is 725 g/mol. The summed E-state index contributed by atoms with van der Waals surface area (Å²) in [7, 11) is 3.06. The Labute approximate surface area is 299 Å². The smallest absolute Gasteiger partial charge is 0.415 e. The zero-order chi connectivity index (χ0) is 34.5. The van der Waals surface area contributed by atoms with Gasteiger partial charge < -0.3 is 24.4 Å². The molecule has 7 rings (SSSR count). The molecule has 3 aliphatic rings. The van der Waals surface area contributed by atoms with Gasteiger partial charge in [-0.25, -0.2) is 19.0 Å². The number of nitrogens with one attached hydrogen (secondary N) is 1. The minimum Gasteiger partial charge on any atom is -0.870 e. The number of H-pyrrole nitrogens is 1. The molecule has 2 N–H and O–H groups in total. The van der Waals surface area contributed by atoms with Gasteiger partial charge in [-0.05, 0) is 79.4 Å². The third kappa shape index (κ3) is 8.30. The predicted octanol–water partition coefficient (Wildman–Crippen LogP) is 7.17. The summed E-state index contributed by atoms with van der Waals surface area (Å²) in [6.07, 6.45) is 3.71. The number of esters is 1. The summed E-state index contributed by atoms with van der Waals surface area (Å²) in [6.45, 7) is 2.73. The summed E-state index contributed by atoms with van der Waals surface area (Å²) in [5, 5.41) is 0.787. The lowest BCUT2D eigenvalue weighted by Crippen LogP contribution is -2.53. The van der Waals surface area contributed by atoms with Crippen molar-refractivity contribution in [3.8, 4) is 11.5 Å². The molecule has 1 aromatic heterocycles. The van der Waals surface area contributed by atoms with Gasteiger partial charge in [0.2, 0.25) is 0 Å². The number of methoxy groups -OCH3 is 2. The fourth-order valence-corrected chi connectivity index (χ4v) is 6.95. The Bertz CT molecular complexity index is 1780. The van der Waals surface area contributed by atoms with Crippen LogP contribution in [-0.2, 0) is 22.4 Å². The van der Waals surface area contributed by atoms with Crippen LogP contribution in [0.5, 0.6) is 11.5 Å². The van der Waals surface area contributed by atoms with Crippen molar-refractivity contribution in [1.82, 2.24) is 4.90 Å². The highest BCUT2D eigenvalue weighted by atomic mass is 35.5. The Morgan fingerprint density at radius 1 is 0.960 bits per heavy atom. The minimum absolute atomic E-state index is 0. The number of carbonyl (C=O) groups is 2. The number of carbonyl (C=O) groups excluding carboxylic acids is 2. The maximum atomic E-state index is 15.0. The van der Waals surface area contributed by atoms with Crippen molar-refractivity contribution in [2.45, 2.75) is 38.0 Å². The number of piperidine rings is 3. The number of para-hydroxylation sites is 1. The summed E-state index contributed by atoms with van der Waals surface area (Å²) < 4.78 is 37.9. The Hall–Kier alpha value is -4.42. The van der Waals surface area contributed by atoms with Gasteiger partial charge in [0.1, 0.15) is 28.1 Å². The predicted molar refractivity (Wildman–Crippen MR) is 185 cm³/mol. The van der Waals surface area contributed by atoms with E-state index in [9.17, 15) is 9.59 Å². The molecule has 3 aromatic carbocycles. The van der Waals surface area contributed by atoms with E-state index < -0.39 is 24.0 Å². The van der Waals surface area contributed by atoms with Crippen LogP contribution in [0.1, 0.15) is 46.0 Å². The number of anilines is 1. The second kappa shape index (κ2) is 16.5. The lowest BCUT2D eigenvalue weighted by molar-refractivity contribution is -0.377. The molecule has 4 heterocycles. The second-order valence-electron chi connectivity index (χ2n) is 12.1. The maximum Gasteiger partial charge on any atom is 0.415 e. The largest absolute Gasteiger partial charge is 0.870 e. The highest BCUT2D eigenvalue weighted by Crippen LogP contribution is 2.36. The lowest BCUT2D eigenvalue weighted by Gasteiger charge is -2.44. The summed E-state index contributed by atoms with van der Waals surface area (Å²) in [5.41, 5.74) is 2.31. The Balaban J connectivity index is 0.00000486. The van der Waals surface area contributed by atoms with Gasteiger partial charge in [-0.1, -0.05) is 53.5 Å². The first kappa shape index (κ1) is 36.9. The molecule has 10 nitrogen and oxygen atoms in total. The van der Waals surface area contributed by atoms with Gasteiger partial charge in [-0.2, -0.15) is 0 Å². The van der Waals surface area contributed by atoms with E-state index in [-0.39, 0.29) is 35.8 Å². The zero-order valence-corrected chi connectivity index (χ0v) is 29.1. The lowest BCUT2D eigenvalue weighted by atomic mass is 9.86. The molecule has 3 saturated heterocycles. The number of hydrogen-bond donors (Lipinski definition) is 0. The van der Waals surface area contributed by atoms with Crippen molar-refractivity contribution in [3.63, 3.8) is 0 Å². The molecule has 4 aromatic rings.